The molecular weight excluding hydrogens is 158 g/mol. The highest BCUT2D eigenvalue weighted by molar-refractivity contribution is 5.24. The molecule has 0 fully saturated rings. The summed E-state index contributed by atoms with van der Waals surface area (Å²) in [6, 6.07) is 8.10. The zero-order chi connectivity index (χ0) is 9.68. The first-order chi connectivity index (χ1) is 6.26. The van der Waals surface area contributed by atoms with Crippen molar-refractivity contribution in [3.63, 3.8) is 0 Å². The lowest BCUT2D eigenvalue weighted by Crippen LogP contribution is -2.21. The van der Waals surface area contributed by atoms with Gasteiger partial charge in [-0.3, -0.25) is 4.90 Å². The molecule has 0 spiro atoms. The summed E-state index contributed by atoms with van der Waals surface area (Å²) in [6.45, 7) is 13.2. The number of hydrogen-bond donors (Lipinski definition) is 0. The molecule has 2 radical (unpaired) electrons. The molecule has 0 aliphatic rings. The molecule has 0 atom stereocenters. The Morgan fingerprint density at radius 2 is 1.62 bits per heavy atom. The van der Waals surface area contributed by atoms with Crippen molar-refractivity contribution in [2.75, 3.05) is 13.1 Å². The molecule has 0 N–H and O–H groups in total. The quantitative estimate of drug-likeness (QED) is 0.680. The summed E-state index contributed by atoms with van der Waals surface area (Å²) in [7, 11) is 0. The molecule has 0 amide bonds. The van der Waals surface area contributed by atoms with Gasteiger partial charge in [0.2, 0.25) is 0 Å². The lowest BCUT2D eigenvalue weighted by molar-refractivity contribution is 0.296. The van der Waals surface area contributed by atoms with E-state index in [4.69, 9.17) is 6.92 Å². The molecule has 0 saturated carbocycles. The van der Waals surface area contributed by atoms with Gasteiger partial charge in [-0.2, -0.15) is 0 Å². The van der Waals surface area contributed by atoms with Crippen molar-refractivity contribution in [3.8, 4) is 0 Å². The van der Waals surface area contributed by atoms with Gasteiger partial charge in [-0.05, 0) is 31.1 Å². The first-order valence-corrected chi connectivity index (χ1v) is 4.83. The largest absolute Gasteiger partial charge is 0.300 e. The van der Waals surface area contributed by atoms with E-state index in [0.29, 0.717) is 0 Å². The van der Waals surface area contributed by atoms with Gasteiger partial charge in [-0.25, -0.2) is 0 Å². The van der Waals surface area contributed by atoms with Crippen LogP contribution in [0.5, 0.6) is 0 Å². The third-order valence-corrected chi connectivity index (χ3v) is 2.28. The number of nitrogens with zero attached hydrogens (tertiary/aromatic N) is 1. The zero-order valence-corrected chi connectivity index (χ0v) is 8.46. The number of hydrogen-bond acceptors (Lipinski definition) is 1. The molecule has 0 aromatic heterocycles. The number of benzene rings is 1. The fourth-order valence-corrected chi connectivity index (χ4v) is 1.33. The second-order valence-corrected chi connectivity index (χ2v) is 3.20. The molecule has 0 aliphatic carbocycles. The van der Waals surface area contributed by atoms with Crippen LogP contribution >= 0.6 is 0 Å². The van der Waals surface area contributed by atoms with Gasteiger partial charge in [0, 0.05) is 6.54 Å². The van der Waals surface area contributed by atoms with Crippen LogP contribution in [-0.4, -0.2) is 18.0 Å². The lowest BCUT2D eigenvalue weighted by atomic mass is 10.1. The Morgan fingerprint density at radius 1 is 1.08 bits per heavy atom. The van der Waals surface area contributed by atoms with Crippen LogP contribution < -0.4 is 0 Å². The minimum Gasteiger partial charge on any atom is -0.300 e. The molecule has 1 nitrogen and oxygen atoms in total. The Kier molecular flexibility index (Phi) is 3.97. The standard InChI is InChI=1S/C12H17N/c1-4-13(5-2)10-12-8-6-11(3)7-9-12/h3,6-9H,4-5,10H2,1-2H3. The predicted octanol–water partition coefficient (Wildman–Crippen LogP) is 2.59. The smallest absolute Gasteiger partial charge is 0.0233 e. The second kappa shape index (κ2) is 5.03. The van der Waals surface area contributed by atoms with E-state index in [9.17, 15) is 0 Å². The van der Waals surface area contributed by atoms with Crippen molar-refractivity contribution < 1.29 is 0 Å². The van der Waals surface area contributed by atoms with Crippen molar-refractivity contribution >= 4 is 0 Å². The summed E-state index contributed by atoms with van der Waals surface area (Å²) >= 11 is 0. The summed E-state index contributed by atoms with van der Waals surface area (Å²) in [6.07, 6.45) is 0. The van der Waals surface area contributed by atoms with Crippen LogP contribution in [0.15, 0.2) is 24.3 Å². The zero-order valence-electron chi connectivity index (χ0n) is 8.46. The van der Waals surface area contributed by atoms with E-state index in [-0.39, 0.29) is 0 Å². The van der Waals surface area contributed by atoms with Crippen LogP contribution in [0.2, 0.25) is 0 Å². The predicted molar refractivity (Wildman–Crippen MR) is 56.5 cm³/mol. The first kappa shape index (κ1) is 10.3. The monoisotopic (exact) mass is 175 g/mol. The van der Waals surface area contributed by atoms with Crippen LogP contribution in [0.4, 0.5) is 0 Å². The van der Waals surface area contributed by atoms with Gasteiger partial charge in [0.25, 0.3) is 0 Å². The van der Waals surface area contributed by atoms with E-state index in [1.54, 1.807) is 0 Å². The molecule has 1 rings (SSSR count). The molecule has 0 aliphatic heterocycles. The highest BCUT2D eigenvalue weighted by Gasteiger charge is 1.99. The van der Waals surface area contributed by atoms with Crippen molar-refractivity contribution in [1.29, 1.82) is 0 Å². The van der Waals surface area contributed by atoms with E-state index in [0.717, 1.165) is 25.2 Å². The van der Waals surface area contributed by atoms with Crippen molar-refractivity contribution in [2.24, 2.45) is 0 Å². The van der Waals surface area contributed by atoms with E-state index in [1.165, 1.54) is 5.56 Å². The molecule has 1 aromatic carbocycles. The molecule has 0 heterocycles. The SMILES string of the molecule is [CH]c1ccc(CN(CC)CC)cc1. The minimum absolute atomic E-state index is 0.836. The normalized spacial score (nSPS) is 10.8. The minimum atomic E-state index is 0.836. The molecule has 1 heteroatoms. The maximum Gasteiger partial charge on any atom is 0.0233 e. The topological polar surface area (TPSA) is 3.24 Å². The third-order valence-electron chi connectivity index (χ3n) is 2.28. The maximum atomic E-state index is 5.61. The molecule has 70 valence electrons. The van der Waals surface area contributed by atoms with Crippen LogP contribution in [0.1, 0.15) is 25.0 Å². The Labute approximate surface area is 81.4 Å². The summed E-state index contributed by atoms with van der Waals surface area (Å²) in [5.41, 5.74) is 2.17. The Morgan fingerprint density at radius 3 is 2.08 bits per heavy atom. The molecule has 0 bridgehead atoms. The molecule has 13 heavy (non-hydrogen) atoms. The molecule has 0 unspecified atom stereocenters. The van der Waals surface area contributed by atoms with E-state index < -0.39 is 0 Å². The highest BCUT2D eigenvalue weighted by atomic mass is 15.1. The molecule has 0 saturated heterocycles. The Balaban J connectivity index is 2.58. The molecule has 1 aromatic rings. The average molecular weight is 175 g/mol. The van der Waals surface area contributed by atoms with Crippen molar-refractivity contribution in [1.82, 2.24) is 4.90 Å². The fraction of sp³-hybridized carbons (Fsp3) is 0.417. The van der Waals surface area contributed by atoms with Crippen LogP contribution in [0.3, 0.4) is 0 Å². The van der Waals surface area contributed by atoms with E-state index >= 15 is 0 Å². The van der Waals surface area contributed by atoms with Gasteiger partial charge in [-0.15, -0.1) is 0 Å². The van der Waals surface area contributed by atoms with Crippen LogP contribution in [0, 0.1) is 6.92 Å². The summed E-state index contributed by atoms with van der Waals surface area (Å²) in [4.78, 5) is 2.38. The Bertz CT molecular complexity index is 234. The first-order valence-electron chi connectivity index (χ1n) is 4.83. The van der Waals surface area contributed by atoms with Crippen molar-refractivity contribution in [3.05, 3.63) is 42.3 Å². The van der Waals surface area contributed by atoms with Gasteiger partial charge in [0.05, 0.1) is 0 Å². The molecular formula is C12H17N. The maximum absolute atomic E-state index is 5.61. The van der Waals surface area contributed by atoms with Crippen LogP contribution in [0.25, 0.3) is 0 Å². The van der Waals surface area contributed by atoms with Crippen LogP contribution in [-0.2, 0) is 6.54 Å². The van der Waals surface area contributed by atoms with E-state index in [1.807, 2.05) is 12.1 Å². The fourth-order valence-electron chi connectivity index (χ4n) is 1.33. The van der Waals surface area contributed by atoms with Gasteiger partial charge < -0.3 is 0 Å². The highest BCUT2D eigenvalue weighted by Crippen LogP contribution is 2.06. The lowest BCUT2D eigenvalue weighted by Gasteiger charge is -2.17. The van der Waals surface area contributed by atoms with Gasteiger partial charge in [0.15, 0.2) is 0 Å². The summed E-state index contributed by atoms with van der Waals surface area (Å²) in [5, 5.41) is 0. The second-order valence-electron chi connectivity index (χ2n) is 3.20. The van der Waals surface area contributed by atoms with E-state index in [2.05, 4.69) is 30.9 Å². The Hall–Kier alpha value is -0.820. The third kappa shape index (κ3) is 3.19. The summed E-state index contributed by atoms with van der Waals surface area (Å²) < 4.78 is 0. The van der Waals surface area contributed by atoms with Gasteiger partial charge >= 0.3 is 0 Å². The summed E-state index contributed by atoms with van der Waals surface area (Å²) in [5.74, 6) is 0. The average Bonchev–Trinajstić information content (AvgIpc) is 2.17. The van der Waals surface area contributed by atoms with Crippen molar-refractivity contribution in [2.45, 2.75) is 20.4 Å². The van der Waals surface area contributed by atoms with Gasteiger partial charge in [0.1, 0.15) is 0 Å². The number of rotatable bonds is 4. The van der Waals surface area contributed by atoms with Gasteiger partial charge in [-0.1, -0.05) is 38.1 Å².